The van der Waals surface area contributed by atoms with Gasteiger partial charge in [0.05, 0.1) is 24.8 Å². The molecule has 9 nitrogen and oxygen atoms in total. The highest BCUT2D eigenvalue weighted by Gasteiger charge is 2.33. The summed E-state index contributed by atoms with van der Waals surface area (Å²) < 4.78 is 53.3. The monoisotopic (exact) mass is 599 g/mol. The molecule has 3 aromatic carbocycles. The number of ether oxygens (including phenoxy) is 2. The Kier molecular flexibility index (Phi) is 11.7. The van der Waals surface area contributed by atoms with Crippen LogP contribution in [0.25, 0.3) is 0 Å². The number of carbonyl (C=O) groups is 2. The van der Waals surface area contributed by atoms with Crippen molar-refractivity contribution in [3.8, 4) is 11.5 Å². The molecule has 0 bridgehead atoms. The normalized spacial score (nSPS) is 11.8. The zero-order valence-corrected chi connectivity index (χ0v) is 25.2. The van der Waals surface area contributed by atoms with E-state index in [0.29, 0.717) is 25.1 Å². The average Bonchev–Trinajstić information content (AvgIpc) is 3.01. The Hall–Kier alpha value is -4.12. The number of sulfonamides is 1. The molecule has 0 aliphatic heterocycles. The summed E-state index contributed by atoms with van der Waals surface area (Å²) in [7, 11) is -1.55. The number of benzene rings is 3. The number of methoxy groups -OCH3 is 2. The Labute approximate surface area is 247 Å². The van der Waals surface area contributed by atoms with Gasteiger partial charge >= 0.3 is 0 Å². The van der Waals surface area contributed by atoms with Crippen LogP contribution in [0, 0.1) is 5.82 Å². The van der Waals surface area contributed by atoms with Crippen molar-refractivity contribution in [3.63, 3.8) is 0 Å². The lowest BCUT2D eigenvalue weighted by molar-refractivity contribution is -0.139. The summed E-state index contributed by atoms with van der Waals surface area (Å²) in [6, 6.07) is 17.6. The van der Waals surface area contributed by atoms with Crippen LogP contribution in [-0.2, 0) is 26.0 Å². The van der Waals surface area contributed by atoms with Gasteiger partial charge in [0.25, 0.3) is 10.0 Å². The molecule has 1 N–H and O–H groups in total. The van der Waals surface area contributed by atoms with Crippen molar-refractivity contribution in [3.05, 3.63) is 84.2 Å². The molecule has 42 heavy (non-hydrogen) atoms. The maximum absolute atomic E-state index is 14.0. The van der Waals surface area contributed by atoms with Crippen LogP contribution >= 0.6 is 0 Å². The van der Waals surface area contributed by atoms with Crippen LogP contribution in [0.5, 0.6) is 11.5 Å². The van der Waals surface area contributed by atoms with Gasteiger partial charge in [0.2, 0.25) is 11.8 Å². The Morgan fingerprint density at radius 3 is 2.19 bits per heavy atom. The number of amides is 2. The first-order valence-electron chi connectivity index (χ1n) is 13.8. The Bertz CT molecular complexity index is 1430. The fraction of sp³-hybridized carbons (Fsp3) is 0.355. The number of carbonyl (C=O) groups excluding carboxylic acids is 2. The van der Waals surface area contributed by atoms with E-state index in [2.05, 4.69) is 5.32 Å². The van der Waals surface area contributed by atoms with Crippen LogP contribution < -0.4 is 19.1 Å². The molecule has 0 heterocycles. The smallest absolute Gasteiger partial charge is 0.264 e. The minimum atomic E-state index is -4.36. The van der Waals surface area contributed by atoms with Gasteiger partial charge in [-0.25, -0.2) is 12.8 Å². The number of hydrogen-bond donors (Lipinski definition) is 1. The summed E-state index contributed by atoms with van der Waals surface area (Å²) in [6.07, 6.45) is 1.51. The van der Waals surface area contributed by atoms with Crippen LogP contribution in [0.15, 0.2) is 77.7 Å². The van der Waals surface area contributed by atoms with Crippen molar-refractivity contribution in [2.75, 3.05) is 38.2 Å². The van der Waals surface area contributed by atoms with E-state index in [0.717, 1.165) is 28.4 Å². The SMILES string of the molecule is CCCNC(=O)[C@@H](CC)N(CCc1ccccc1)C(=O)CN(c1ccc(F)cc1)S(=O)(=O)c1ccc(OC)c(OC)c1. The first-order chi connectivity index (χ1) is 20.2. The van der Waals surface area contributed by atoms with E-state index in [4.69, 9.17) is 9.47 Å². The topological polar surface area (TPSA) is 105 Å². The molecule has 0 fully saturated rings. The van der Waals surface area contributed by atoms with Crippen LogP contribution in [-0.4, -0.2) is 65.0 Å². The third-order valence-corrected chi connectivity index (χ3v) is 8.53. The zero-order valence-electron chi connectivity index (χ0n) is 24.4. The summed E-state index contributed by atoms with van der Waals surface area (Å²) in [5.41, 5.74) is 1.05. The summed E-state index contributed by atoms with van der Waals surface area (Å²) in [5.74, 6) is -0.921. The first-order valence-corrected chi connectivity index (χ1v) is 15.2. The molecular formula is C31H38FN3O6S. The predicted molar refractivity (Wildman–Crippen MR) is 160 cm³/mol. The standard InChI is InChI=1S/C31H38FN3O6S/c1-5-19-33-31(37)27(6-2)34(20-18-23-10-8-7-9-11-23)30(36)22-35(25-14-12-24(32)13-15-25)42(38,39)26-16-17-28(40-3)29(21-26)41-4/h7-17,21,27H,5-6,18-20,22H2,1-4H3,(H,33,37)/t27-/m1/s1. The number of nitrogens with zero attached hydrogens (tertiary/aromatic N) is 2. The molecule has 0 aliphatic rings. The Morgan fingerprint density at radius 2 is 1.60 bits per heavy atom. The highest BCUT2D eigenvalue weighted by Crippen LogP contribution is 2.32. The van der Waals surface area contributed by atoms with E-state index in [9.17, 15) is 22.4 Å². The molecular weight excluding hydrogens is 561 g/mol. The molecule has 0 aliphatic carbocycles. The summed E-state index contributed by atoms with van der Waals surface area (Å²) >= 11 is 0. The van der Waals surface area contributed by atoms with Gasteiger partial charge in [0.1, 0.15) is 18.4 Å². The molecule has 226 valence electrons. The molecule has 0 spiro atoms. The molecule has 2 amide bonds. The van der Waals surface area contributed by atoms with E-state index in [1.54, 1.807) is 6.92 Å². The van der Waals surface area contributed by atoms with Crippen molar-refractivity contribution in [1.29, 1.82) is 0 Å². The third-order valence-electron chi connectivity index (χ3n) is 6.76. The van der Waals surface area contributed by atoms with Gasteiger partial charge in [-0.2, -0.15) is 0 Å². The molecule has 0 unspecified atom stereocenters. The second-order valence-corrected chi connectivity index (χ2v) is 11.4. The van der Waals surface area contributed by atoms with E-state index in [-0.39, 0.29) is 28.8 Å². The number of halogens is 1. The van der Waals surface area contributed by atoms with E-state index >= 15 is 0 Å². The average molecular weight is 600 g/mol. The fourth-order valence-electron chi connectivity index (χ4n) is 4.50. The van der Waals surface area contributed by atoms with Crippen molar-refractivity contribution in [2.24, 2.45) is 0 Å². The molecule has 1 atom stereocenters. The molecule has 0 radical (unpaired) electrons. The third kappa shape index (κ3) is 8.00. The summed E-state index contributed by atoms with van der Waals surface area (Å²) in [4.78, 5) is 28.4. The van der Waals surface area contributed by atoms with Gasteiger partial charge in [-0.05, 0) is 61.2 Å². The van der Waals surface area contributed by atoms with Crippen LogP contribution in [0.1, 0.15) is 32.3 Å². The lowest BCUT2D eigenvalue weighted by Gasteiger charge is -2.33. The fourth-order valence-corrected chi connectivity index (χ4v) is 5.93. The number of anilines is 1. The summed E-state index contributed by atoms with van der Waals surface area (Å²) in [5, 5.41) is 2.86. The Balaban J connectivity index is 2.04. The van der Waals surface area contributed by atoms with Gasteiger partial charge in [0.15, 0.2) is 11.5 Å². The Morgan fingerprint density at radius 1 is 0.929 bits per heavy atom. The molecule has 3 aromatic rings. The summed E-state index contributed by atoms with van der Waals surface area (Å²) in [6.45, 7) is 3.75. The van der Waals surface area contributed by atoms with Gasteiger partial charge in [0, 0.05) is 19.2 Å². The highest BCUT2D eigenvalue weighted by atomic mass is 32.2. The predicted octanol–water partition coefficient (Wildman–Crippen LogP) is 4.41. The van der Waals surface area contributed by atoms with Gasteiger partial charge in [-0.15, -0.1) is 0 Å². The molecule has 11 heteroatoms. The maximum Gasteiger partial charge on any atom is 0.264 e. The highest BCUT2D eigenvalue weighted by molar-refractivity contribution is 7.92. The van der Waals surface area contributed by atoms with Gasteiger partial charge < -0.3 is 19.7 Å². The number of hydrogen-bond acceptors (Lipinski definition) is 6. The minimum absolute atomic E-state index is 0.0889. The van der Waals surface area contributed by atoms with E-state index < -0.39 is 34.3 Å². The first kappa shape index (κ1) is 32.4. The largest absolute Gasteiger partial charge is 0.493 e. The second kappa shape index (κ2) is 15.2. The van der Waals surface area contributed by atoms with Crippen LogP contribution in [0.4, 0.5) is 10.1 Å². The van der Waals surface area contributed by atoms with Crippen molar-refractivity contribution >= 4 is 27.5 Å². The molecule has 0 saturated carbocycles. The van der Waals surface area contributed by atoms with Crippen molar-refractivity contribution in [1.82, 2.24) is 10.2 Å². The van der Waals surface area contributed by atoms with Crippen LogP contribution in [0.3, 0.4) is 0 Å². The van der Waals surface area contributed by atoms with Crippen LogP contribution in [0.2, 0.25) is 0 Å². The van der Waals surface area contributed by atoms with Gasteiger partial charge in [-0.3, -0.25) is 13.9 Å². The van der Waals surface area contributed by atoms with Gasteiger partial charge in [-0.1, -0.05) is 44.2 Å². The van der Waals surface area contributed by atoms with Crippen molar-refractivity contribution in [2.45, 2.75) is 44.0 Å². The number of rotatable bonds is 15. The van der Waals surface area contributed by atoms with Crippen molar-refractivity contribution < 1.29 is 31.9 Å². The molecule has 3 rings (SSSR count). The molecule has 0 saturated heterocycles. The lowest BCUT2D eigenvalue weighted by atomic mass is 10.1. The number of nitrogens with one attached hydrogen (secondary N) is 1. The second-order valence-electron chi connectivity index (χ2n) is 9.54. The lowest BCUT2D eigenvalue weighted by Crippen LogP contribution is -2.53. The van der Waals surface area contributed by atoms with E-state index in [1.165, 1.54) is 49.5 Å². The zero-order chi connectivity index (χ0) is 30.7. The quantitative estimate of drug-likeness (QED) is 0.278. The maximum atomic E-state index is 14.0. The van der Waals surface area contributed by atoms with E-state index in [1.807, 2.05) is 37.3 Å². The molecule has 0 aromatic heterocycles. The minimum Gasteiger partial charge on any atom is -0.493 e.